The van der Waals surface area contributed by atoms with Crippen molar-refractivity contribution in [3.63, 3.8) is 0 Å². The third-order valence-corrected chi connectivity index (χ3v) is 2.22. The van der Waals surface area contributed by atoms with E-state index in [2.05, 4.69) is 4.18 Å². The van der Waals surface area contributed by atoms with E-state index < -0.39 is 20.2 Å². The van der Waals surface area contributed by atoms with E-state index in [-0.39, 0.29) is 19.1 Å². The lowest BCUT2D eigenvalue weighted by atomic mass is 10.5. The zero-order valence-electron chi connectivity index (χ0n) is 5.60. The Hall–Kier alpha value is 0.167. The van der Waals surface area contributed by atoms with Crippen LogP contribution in [0.5, 0.6) is 0 Å². The number of rotatable bonds is 5. The maximum absolute atomic E-state index is 9.73. The normalized spacial score (nSPS) is 14.9. The molecular formula is C3H9O6SSi-. The van der Waals surface area contributed by atoms with E-state index in [1.165, 1.54) is 0 Å². The van der Waals surface area contributed by atoms with Crippen LogP contribution < -0.4 is 0 Å². The Labute approximate surface area is 67.3 Å². The number of hydrogen-bond donors (Lipinski definition) is 3. The van der Waals surface area contributed by atoms with Crippen LogP contribution in [-0.2, 0) is 15.5 Å². The lowest BCUT2D eigenvalue weighted by Gasteiger charge is -2.09. The fourth-order valence-electron chi connectivity index (χ4n) is 0.436. The van der Waals surface area contributed by atoms with Crippen molar-refractivity contribution in [3.8, 4) is 0 Å². The van der Waals surface area contributed by atoms with Gasteiger partial charge in [-0.2, -0.15) is 0 Å². The van der Waals surface area contributed by atoms with Gasteiger partial charge in [-0.1, -0.05) is 0 Å². The Balaban J connectivity index is 3.22. The van der Waals surface area contributed by atoms with Gasteiger partial charge in [0, 0.05) is 6.04 Å². The largest absolute Gasteiger partial charge is 0.750 e. The molecule has 0 saturated heterocycles. The molecular weight excluding hydrogens is 192 g/mol. The Morgan fingerprint density at radius 3 is 2.36 bits per heavy atom. The Morgan fingerprint density at radius 2 is 2.00 bits per heavy atom. The summed E-state index contributed by atoms with van der Waals surface area (Å²) in [5.74, 6) is 0. The van der Waals surface area contributed by atoms with Gasteiger partial charge in [-0.15, -0.1) is 0 Å². The molecule has 11 heavy (non-hydrogen) atoms. The van der Waals surface area contributed by atoms with Crippen molar-refractivity contribution in [2.24, 2.45) is 0 Å². The average molecular weight is 201 g/mol. The highest BCUT2D eigenvalue weighted by Crippen LogP contribution is 2.01. The fourth-order valence-corrected chi connectivity index (χ4v) is 1.31. The van der Waals surface area contributed by atoms with Crippen molar-refractivity contribution < 1.29 is 27.3 Å². The van der Waals surface area contributed by atoms with Gasteiger partial charge in [-0.3, -0.25) is 0 Å². The average Bonchev–Trinajstić information content (AvgIpc) is 1.78. The van der Waals surface area contributed by atoms with Crippen LogP contribution in [0.3, 0.4) is 0 Å². The Morgan fingerprint density at radius 1 is 1.45 bits per heavy atom. The lowest BCUT2D eigenvalue weighted by Crippen LogP contribution is -2.34. The summed E-state index contributed by atoms with van der Waals surface area (Å²) in [4.78, 5) is 25.3. The lowest BCUT2D eigenvalue weighted by molar-refractivity contribution is 0.218. The second kappa shape index (κ2) is 4.93. The van der Waals surface area contributed by atoms with Crippen LogP contribution >= 0.6 is 0 Å². The van der Waals surface area contributed by atoms with E-state index in [0.717, 1.165) is 0 Å². The summed E-state index contributed by atoms with van der Waals surface area (Å²) in [7, 11) is -4.01. The first-order valence-electron chi connectivity index (χ1n) is 2.81. The summed E-state index contributed by atoms with van der Waals surface area (Å²) in [5, 5.41) is 0. The minimum atomic E-state index is -4.01. The van der Waals surface area contributed by atoms with E-state index in [1.54, 1.807) is 0 Å². The van der Waals surface area contributed by atoms with Crippen LogP contribution in [0.15, 0.2) is 0 Å². The molecule has 8 heteroatoms. The van der Waals surface area contributed by atoms with E-state index in [9.17, 15) is 8.76 Å². The van der Waals surface area contributed by atoms with Gasteiger partial charge < -0.3 is 23.1 Å². The highest BCUT2D eigenvalue weighted by Gasteiger charge is 2.25. The SMILES string of the molecule is O=S([O-])OCCC[Si](O)(O)O. The Bertz CT molecular complexity index is 132. The Kier molecular flexibility index (Phi) is 5.00. The molecule has 0 heterocycles. The molecule has 0 radical (unpaired) electrons. The van der Waals surface area contributed by atoms with Crippen LogP contribution in [0.25, 0.3) is 0 Å². The molecule has 1 unspecified atom stereocenters. The first kappa shape index (κ1) is 11.2. The van der Waals surface area contributed by atoms with Gasteiger partial charge in [-0.05, 0) is 6.42 Å². The fraction of sp³-hybridized carbons (Fsp3) is 1.00. The molecule has 0 aliphatic heterocycles. The van der Waals surface area contributed by atoms with Crippen LogP contribution in [0.4, 0.5) is 0 Å². The van der Waals surface area contributed by atoms with Gasteiger partial charge in [0.05, 0.1) is 18.0 Å². The summed E-state index contributed by atoms with van der Waals surface area (Å²) < 4.78 is 23.5. The van der Waals surface area contributed by atoms with Crippen molar-refractivity contribution >= 4 is 20.2 Å². The third-order valence-electron chi connectivity index (χ3n) is 0.836. The van der Waals surface area contributed by atoms with Gasteiger partial charge >= 0.3 is 8.80 Å². The molecule has 3 N–H and O–H groups in total. The summed E-state index contributed by atoms with van der Waals surface area (Å²) >= 11 is -2.57. The van der Waals surface area contributed by atoms with Crippen molar-refractivity contribution in [2.45, 2.75) is 12.5 Å². The third kappa shape index (κ3) is 10.2. The minimum Gasteiger partial charge on any atom is -0.750 e. The van der Waals surface area contributed by atoms with Gasteiger partial charge in [0.1, 0.15) is 0 Å². The van der Waals surface area contributed by atoms with Crippen molar-refractivity contribution in [1.29, 1.82) is 0 Å². The standard InChI is InChI=1S/C3H10O6SSi/c4-10(5)9-2-1-3-11(6,7)8/h6-8H,1-3H2,(H,4,5)/p-1. The minimum absolute atomic E-state index is 0.101. The maximum atomic E-state index is 9.73. The predicted molar refractivity (Wildman–Crippen MR) is 36.7 cm³/mol. The molecule has 0 aromatic carbocycles. The summed E-state index contributed by atoms with van der Waals surface area (Å²) in [5.41, 5.74) is 0. The smallest absolute Gasteiger partial charge is 0.492 e. The van der Waals surface area contributed by atoms with E-state index in [4.69, 9.17) is 14.4 Å². The first-order valence-corrected chi connectivity index (χ1v) is 5.86. The molecule has 0 amide bonds. The quantitative estimate of drug-likeness (QED) is 0.272. The molecule has 0 rings (SSSR count). The molecule has 6 nitrogen and oxygen atoms in total. The number of hydrogen-bond acceptors (Lipinski definition) is 6. The molecule has 0 aliphatic rings. The molecule has 1 atom stereocenters. The van der Waals surface area contributed by atoms with Crippen molar-refractivity contribution in [3.05, 3.63) is 0 Å². The van der Waals surface area contributed by atoms with Crippen molar-refractivity contribution in [1.82, 2.24) is 0 Å². The van der Waals surface area contributed by atoms with E-state index in [1.807, 2.05) is 0 Å². The highest BCUT2D eigenvalue weighted by atomic mass is 32.2. The van der Waals surface area contributed by atoms with Crippen LogP contribution in [0.1, 0.15) is 6.42 Å². The zero-order chi connectivity index (χ0) is 8.91. The molecule has 0 bridgehead atoms. The van der Waals surface area contributed by atoms with Gasteiger partial charge in [0.15, 0.2) is 0 Å². The summed E-state index contributed by atoms with van der Waals surface area (Å²) in [6.07, 6.45) is 0.101. The van der Waals surface area contributed by atoms with Crippen molar-refractivity contribution in [2.75, 3.05) is 6.61 Å². The summed E-state index contributed by atoms with van der Waals surface area (Å²) in [6, 6.07) is -0.218. The summed E-state index contributed by atoms with van der Waals surface area (Å²) in [6.45, 7) is -0.146. The van der Waals surface area contributed by atoms with Crippen LogP contribution in [-0.4, -0.2) is 38.6 Å². The second-order valence-corrected chi connectivity index (χ2v) is 4.60. The zero-order valence-corrected chi connectivity index (χ0v) is 7.41. The molecule has 0 saturated carbocycles. The topological polar surface area (TPSA) is 110 Å². The monoisotopic (exact) mass is 201 g/mol. The molecule has 68 valence electrons. The highest BCUT2D eigenvalue weighted by molar-refractivity contribution is 7.74. The van der Waals surface area contributed by atoms with Gasteiger partial charge in [0.25, 0.3) is 0 Å². The molecule has 0 aromatic rings. The van der Waals surface area contributed by atoms with Crippen LogP contribution in [0.2, 0.25) is 6.04 Å². The first-order chi connectivity index (χ1) is 4.92. The molecule has 0 aliphatic carbocycles. The second-order valence-electron chi connectivity index (χ2n) is 1.90. The molecule has 0 fully saturated rings. The van der Waals surface area contributed by atoms with Crippen LogP contribution in [0, 0.1) is 0 Å². The van der Waals surface area contributed by atoms with E-state index in [0.29, 0.717) is 0 Å². The molecule has 0 aromatic heterocycles. The molecule has 0 spiro atoms. The van der Waals surface area contributed by atoms with E-state index >= 15 is 0 Å². The maximum Gasteiger partial charge on any atom is 0.492 e. The van der Waals surface area contributed by atoms with Gasteiger partial charge in [0.2, 0.25) is 0 Å². The van der Waals surface area contributed by atoms with Gasteiger partial charge in [-0.25, -0.2) is 4.21 Å². The predicted octanol–water partition coefficient (Wildman–Crippen LogP) is -1.90.